The molecule has 0 amide bonds. The zero-order valence-corrected chi connectivity index (χ0v) is 9.26. The van der Waals surface area contributed by atoms with E-state index in [1.165, 1.54) is 0 Å². The first-order valence-corrected chi connectivity index (χ1v) is 4.93. The minimum atomic E-state index is -4.67. The second-order valence-corrected chi connectivity index (χ2v) is 3.69. The number of aliphatic hydroxyl groups excluding tert-OH is 2. The standard InChI is InChI=1S/C11H9F3O5/c12-11(13,14)6-1-2-7(5(3-6)4-15)8(16)9(17)10(18)19/h1-4,8-9,16-17H,(H,18,19). The summed E-state index contributed by atoms with van der Waals surface area (Å²) in [4.78, 5) is 21.2. The highest BCUT2D eigenvalue weighted by molar-refractivity contribution is 5.79. The number of carboxylic acids is 1. The van der Waals surface area contributed by atoms with Crippen LogP contribution in [0.3, 0.4) is 0 Å². The van der Waals surface area contributed by atoms with Gasteiger partial charge in [-0.2, -0.15) is 13.2 Å². The molecular weight excluding hydrogens is 269 g/mol. The van der Waals surface area contributed by atoms with Gasteiger partial charge >= 0.3 is 12.1 Å². The van der Waals surface area contributed by atoms with E-state index < -0.39 is 41.0 Å². The number of aliphatic hydroxyl groups is 2. The van der Waals surface area contributed by atoms with Gasteiger partial charge in [0.05, 0.1) is 5.56 Å². The number of alkyl halides is 3. The molecule has 0 radical (unpaired) electrons. The predicted octanol–water partition coefficient (Wildman–Crippen LogP) is 0.997. The van der Waals surface area contributed by atoms with Gasteiger partial charge in [-0.3, -0.25) is 4.79 Å². The smallest absolute Gasteiger partial charge is 0.416 e. The summed E-state index contributed by atoms with van der Waals surface area (Å²) in [7, 11) is 0. The molecule has 0 spiro atoms. The Hall–Kier alpha value is -1.93. The molecule has 1 rings (SSSR count). The molecule has 19 heavy (non-hydrogen) atoms. The van der Waals surface area contributed by atoms with Crippen molar-refractivity contribution in [2.75, 3.05) is 0 Å². The number of aliphatic carboxylic acids is 1. The minimum Gasteiger partial charge on any atom is -0.479 e. The first kappa shape index (κ1) is 15.1. The Morgan fingerprint density at radius 2 is 1.84 bits per heavy atom. The SMILES string of the molecule is O=Cc1cc(C(F)(F)F)ccc1C(O)C(O)C(=O)O. The second-order valence-electron chi connectivity index (χ2n) is 3.69. The summed E-state index contributed by atoms with van der Waals surface area (Å²) in [5.41, 5.74) is -2.05. The normalized spacial score (nSPS) is 14.8. The van der Waals surface area contributed by atoms with Gasteiger partial charge in [-0.05, 0) is 17.7 Å². The average molecular weight is 278 g/mol. The van der Waals surface area contributed by atoms with E-state index >= 15 is 0 Å². The fraction of sp³-hybridized carbons (Fsp3) is 0.273. The van der Waals surface area contributed by atoms with Crippen molar-refractivity contribution >= 4 is 12.3 Å². The Balaban J connectivity index is 3.23. The summed E-state index contributed by atoms with van der Waals surface area (Å²) in [5, 5.41) is 27.1. The van der Waals surface area contributed by atoms with Gasteiger partial charge in [0, 0.05) is 5.56 Å². The fourth-order valence-corrected chi connectivity index (χ4v) is 1.43. The van der Waals surface area contributed by atoms with Gasteiger partial charge in [0.25, 0.3) is 0 Å². The number of aldehydes is 1. The monoisotopic (exact) mass is 278 g/mol. The van der Waals surface area contributed by atoms with Crippen molar-refractivity contribution in [2.24, 2.45) is 0 Å². The van der Waals surface area contributed by atoms with Crippen LogP contribution < -0.4 is 0 Å². The lowest BCUT2D eigenvalue weighted by Gasteiger charge is -2.17. The van der Waals surface area contributed by atoms with Crippen molar-refractivity contribution in [3.05, 3.63) is 34.9 Å². The highest BCUT2D eigenvalue weighted by atomic mass is 19.4. The van der Waals surface area contributed by atoms with E-state index in [9.17, 15) is 27.9 Å². The topological polar surface area (TPSA) is 94.8 Å². The van der Waals surface area contributed by atoms with Gasteiger partial charge in [0.15, 0.2) is 6.10 Å². The van der Waals surface area contributed by atoms with E-state index in [0.29, 0.717) is 12.1 Å². The molecule has 0 aliphatic heterocycles. The van der Waals surface area contributed by atoms with E-state index in [4.69, 9.17) is 10.2 Å². The number of carboxylic acid groups (broad SMARTS) is 1. The number of hydrogen-bond acceptors (Lipinski definition) is 4. The largest absolute Gasteiger partial charge is 0.479 e. The molecule has 0 bridgehead atoms. The van der Waals surface area contributed by atoms with Gasteiger partial charge in [0.2, 0.25) is 0 Å². The van der Waals surface area contributed by atoms with Crippen molar-refractivity contribution < 1.29 is 38.1 Å². The molecule has 0 aliphatic rings. The van der Waals surface area contributed by atoms with E-state index in [0.717, 1.165) is 6.07 Å². The molecule has 0 heterocycles. The molecule has 104 valence electrons. The van der Waals surface area contributed by atoms with Crippen LogP contribution in [0.5, 0.6) is 0 Å². The van der Waals surface area contributed by atoms with Crippen LogP contribution in [-0.2, 0) is 11.0 Å². The summed E-state index contributed by atoms with van der Waals surface area (Å²) in [6.07, 6.45) is -8.87. The Morgan fingerprint density at radius 3 is 2.26 bits per heavy atom. The third-order valence-corrected chi connectivity index (χ3v) is 2.41. The maximum atomic E-state index is 12.4. The zero-order valence-electron chi connectivity index (χ0n) is 9.26. The van der Waals surface area contributed by atoms with Crippen LogP contribution in [0.4, 0.5) is 13.2 Å². The zero-order chi connectivity index (χ0) is 14.8. The van der Waals surface area contributed by atoms with Crippen LogP contribution in [0.15, 0.2) is 18.2 Å². The van der Waals surface area contributed by atoms with Crippen LogP contribution in [-0.4, -0.2) is 33.7 Å². The van der Waals surface area contributed by atoms with E-state index in [-0.39, 0.29) is 6.29 Å². The Bertz CT molecular complexity index is 498. The third-order valence-electron chi connectivity index (χ3n) is 2.41. The summed E-state index contributed by atoms with van der Waals surface area (Å²) in [5.74, 6) is -1.76. The first-order valence-electron chi connectivity index (χ1n) is 4.93. The van der Waals surface area contributed by atoms with Crippen molar-refractivity contribution in [1.29, 1.82) is 0 Å². The number of carbonyl (C=O) groups excluding carboxylic acids is 1. The molecule has 0 aromatic heterocycles. The Kier molecular flexibility index (Phi) is 4.28. The molecule has 1 aromatic rings. The van der Waals surface area contributed by atoms with Crippen molar-refractivity contribution in [3.63, 3.8) is 0 Å². The summed E-state index contributed by atoms with van der Waals surface area (Å²) >= 11 is 0. The van der Waals surface area contributed by atoms with E-state index in [2.05, 4.69) is 0 Å². The molecular formula is C11H9F3O5. The van der Waals surface area contributed by atoms with Crippen molar-refractivity contribution in [1.82, 2.24) is 0 Å². The summed E-state index contributed by atoms with van der Waals surface area (Å²) in [6.45, 7) is 0. The predicted molar refractivity (Wildman–Crippen MR) is 55.4 cm³/mol. The average Bonchev–Trinajstić information content (AvgIpc) is 2.34. The molecule has 2 unspecified atom stereocenters. The highest BCUT2D eigenvalue weighted by Gasteiger charge is 2.33. The van der Waals surface area contributed by atoms with Crippen LogP contribution >= 0.6 is 0 Å². The number of rotatable bonds is 4. The molecule has 1 aromatic carbocycles. The van der Waals surface area contributed by atoms with E-state index in [1.54, 1.807) is 0 Å². The van der Waals surface area contributed by atoms with Gasteiger partial charge in [-0.1, -0.05) is 6.07 Å². The number of benzene rings is 1. The Labute approximate surface area is 104 Å². The molecule has 2 atom stereocenters. The lowest BCUT2D eigenvalue weighted by molar-refractivity contribution is -0.153. The maximum Gasteiger partial charge on any atom is 0.416 e. The number of hydrogen-bond donors (Lipinski definition) is 3. The Morgan fingerprint density at radius 1 is 1.26 bits per heavy atom. The lowest BCUT2D eigenvalue weighted by atomic mass is 9.97. The van der Waals surface area contributed by atoms with Gasteiger partial charge < -0.3 is 15.3 Å². The first-order chi connectivity index (χ1) is 8.68. The fourth-order valence-electron chi connectivity index (χ4n) is 1.43. The van der Waals surface area contributed by atoms with Crippen LogP contribution in [0.25, 0.3) is 0 Å². The van der Waals surface area contributed by atoms with Crippen molar-refractivity contribution in [2.45, 2.75) is 18.4 Å². The molecule has 0 saturated carbocycles. The van der Waals surface area contributed by atoms with Crippen LogP contribution in [0.1, 0.15) is 27.6 Å². The minimum absolute atomic E-state index is 0.0440. The lowest BCUT2D eigenvalue weighted by Crippen LogP contribution is -2.28. The van der Waals surface area contributed by atoms with Crippen LogP contribution in [0.2, 0.25) is 0 Å². The van der Waals surface area contributed by atoms with E-state index in [1.807, 2.05) is 0 Å². The molecule has 0 fully saturated rings. The molecule has 0 aliphatic carbocycles. The molecule has 0 saturated heterocycles. The highest BCUT2D eigenvalue weighted by Crippen LogP contribution is 2.32. The number of halogens is 3. The molecule has 5 nitrogen and oxygen atoms in total. The van der Waals surface area contributed by atoms with Crippen molar-refractivity contribution in [3.8, 4) is 0 Å². The maximum absolute atomic E-state index is 12.4. The molecule has 3 N–H and O–H groups in total. The third kappa shape index (κ3) is 3.30. The quantitative estimate of drug-likeness (QED) is 0.714. The second kappa shape index (κ2) is 5.37. The molecule has 8 heteroatoms. The summed E-state index contributed by atoms with van der Waals surface area (Å²) < 4.78 is 37.2. The van der Waals surface area contributed by atoms with Gasteiger partial charge in [0.1, 0.15) is 12.4 Å². The van der Waals surface area contributed by atoms with Crippen LogP contribution in [0, 0.1) is 0 Å². The summed E-state index contributed by atoms with van der Waals surface area (Å²) in [6, 6.07) is 1.81. The van der Waals surface area contributed by atoms with Gasteiger partial charge in [-0.25, -0.2) is 4.79 Å². The number of carbonyl (C=O) groups is 2. The van der Waals surface area contributed by atoms with Gasteiger partial charge in [-0.15, -0.1) is 0 Å².